The third kappa shape index (κ3) is 3.33. The van der Waals surface area contributed by atoms with E-state index in [9.17, 15) is 0 Å². The molecule has 1 aromatic heterocycles. The maximum absolute atomic E-state index is 5.85. The normalized spacial score (nSPS) is 11.5. The number of anilines is 1. The average Bonchev–Trinajstić information content (AvgIpc) is 2.72. The van der Waals surface area contributed by atoms with Crippen LogP contribution in [0.2, 0.25) is 0 Å². The van der Waals surface area contributed by atoms with Crippen molar-refractivity contribution >= 4 is 16.5 Å². The summed E-state index contributed by atoms with van der Waals surface area (Å²) < 4.78 is 0. The highest BCUT2D eigenvalue weighted by Crippen LogP contribution is 2.34. The van der Waals surface area contributed by atoms with Gasteiger partial charge < -0.3 is 10.6 Å². The Morgan fingerprint density at radius 3 is 2.37 bits per heavy atom. The van der Waals surface area contributed by atoms with Gasteiger partial charge in [0.15, 0.2) is 5.13 Å². The molecule has 102 valence electrons. The highest BCUT2D eigenvalue weighted by atomic mass is 32.1. The maximum Gasteiger partial charge on any atom is 0.180 e. The zero-order valence-electron chi connectivity index (χ0n) is 12.0. The molecule has 4 heteroatoms. The first-order valence-electron chi connectivity index (χ1n) is 6.47. The third-order valence-electron chi connectivity index (χ3n) is 2.92. The van der Waals surface area contributed by atoms with Crippen LogP contribution in [0, 0.1) is 0 Å². The van der Waals surface area contributed by atoms with Crippen molar-refractivity contribution in [1.82, 2.24) is 9.88 Å². The van der Waals surface area contributed by atoms with E-state index in [4.69, 9.17) is 5.73 Å². The summed E-state index contributed by atoms with van der Waals surface area (Å²) in [5, 5.41) is 0.649. The van der Waals surface area contributed by atoms with Crippen molar-refractivity contribution in [3.05, 3.63) is 34.7 Å². The number of thiazole rings is 1. The first-order chi connectivity index (χ1) is 8.97. The number of aromatic nitrogens is 1. The molecule has 0 aliphatic rings. The van der Waals surface area contributed by atoms with Crippen molar-refractivity contribution in [3.8, 4) is 11.3 Å². The Morgan fingerprint density at radius 1 is 1.21 bits per heavy atom. The standard InChI is InChI=1S/C15H21N3S/c1-10(2)14-13(17-15(16)19-14)12-7-5-11(6-8-12)9-18(3)4/h5-8,10H,9H2,1-4H3,(H2,16,17). The molecule has 0 aliphatic heterocycles. The van der Waals surface area contributed by atoms with Gasteiger partial charge in [0.1, 0.15) is 0 Å². The van der Waals surface area contributed by atoms with Crippen LogP contribution in [-0.2, 0) is 6.54 Å². The molecule has 1 aromatic carbocycles. The molecule has 0 aliphatic carbocycles. The molecule has 0 amide bonds. The smallest absolute Gasteiger partial charge is 0.180 e. The Balaban J connectivity index is 2.32. The third-order valence-corrected chi connectivity index (χ3v) is 4.11. The van der Waals surface area contributed by atoms with Gasteiger partial charge in [0.25, 0.3) is 0 Å². The Bertz CT molecular complexity index is 541. The number of hydrogen-bond donors (Lipinski definition) is 1. The number of nitrogens with zero attached hydrogens (tertiary/aromatic N) is 2. The van der Waals surface area contributed by atoms with Crippen molar-refractivity contribution in [2.75, 3.05) is 19.8 Å². The average molecular weight is 275 g/mol. The molecule has 2 aromatic rings. The minimum absolute atomic E-state index is 0.450. The summed E-state index contributed by atoms with van der Waals surface area (Å²) in [5.41, 5.74) is 9.35. The second-order valence-electron chi connectivity index (χ2n) is 5.35. The fourth-order valence-corrected chi connectivity index (χ4v) is 2.94. The zero-order chi connectivity index (χ0) is 14.0. The summed E-state index contributed by atoms with van der Waals surface area (Å²) >= 11 is 1.59. The fraction of sp³-hybridized carbons (Fsp3) is 0.400. The van der Waals surface area contributed by atoms with Crippen LogP contribution in [-0.4, -0.2) is 24.0 Å². The van der Waals surface area contributed by atoms with E-state index in [1.54, 1.807) is 11.3 Å². The lowest BCUT2D eigenvalue weighted by Crippen LogP contribution is -2.10. The van der Waals surface area contributed by atoms with Crippen LogP contribution >= 0.6 is 11.3 Å². The molecule has 1 heterocycles. The monoisotopic (exact) mass is 275 g/mol. The first kappa shape index (κ1) is 14.0. The molecule has 2 rings (SSSR count). The van der Waals surface area contributed by atoms with Gasteiger partial charge in [-0.25, -0.2) is 4.98 Å². The maximum atomic E-state index is 5.85. The molecule has 0 radical (unpaired) electrons. The van der Waals surface area contributed by atoms with E-state index in [1.165, 1.54) is 10.4 Å². The summed E-state index contributed by atoms with van der Waals surface area (Å²) in [4.78, 5) is 7.90. The zero-order valence-corrected chi connectivity index (χ0v) is 12.8. The van der Waals surface area contributed by atoms with Crippen LogP contribution in [0.3, 0.4) is 0 Å². The summed E-state index contributed by atoms with van der Waals surface area (Å²) in [6.07, 6.45) is 0. The molecular formula is C15H21N3S. The van der Waals surface area contributed by atoms with Gasteiger partial charge in [-0.3, -0.25) is 0 Å². The van der Waals surface area contributed by atoms with E-state index >= 15 is 0 Å². The van der Waals surface area contributed by atoms with Crippen LogP contribution in [0.25, 0.3) is 11.3 Å². The van der Waals surface area contributed by atoms with Crippen LogP contribution in [0.5, 0.6) is 0 Å². The van der Waals surface area contributed by atoms with Crippen molar-refractivity contribution < 1.29 is 0 Å². The predicted octanol–water partition coefficient (Wildman–Crippen LogP) is 3.58. The lowest BCUT2D eigenvalue weighted by atomic mass is 10.0. The lowest BCUT2D eigenvalue weighted by molar-refractivity contribution is 0.402. The number of hydrogen-bond acceptors (Lipinski definition) is 4. The number of nitrogens with two attached hydrogens (primary N) is 1. The second kappa shape index (κ2) is 5.72. The molecule has 0 unspecified atom stereocenters. The quantitative estimate of drug-likeness (QED) is 0.927. The number of rotatable bonds is 4. The van der Waals surface area contributed by atoms with E-state index in [0.717, 1.165) is 17.8 Å². The van der Waals surface area contributed by atoms with Crippen molar-refractivity contribution in [3.63, 3.8) is 0 Å². The molecule has 0 atom stereocenters. The van der Waals surface area contributed by atoms with Gasteiger partial charge in [-0.2, -0.15) is 0 Å². The molecule has 0 fully saturated rings. The topological polar surface area (TPSA) is 42.1 Å². The fourth-order valence-electron chi connectivity index (χ4n) is 2.08. The molecule has 3 nitrogen and oxygen atoms in total. The van der Waals surface area contributed by atoms with Gasteiger partial charge in [-0.05, 0) is 25.6 Å². The summed E-state index contributed by atoms with van der Waals surface area (Å²) in [5.74, 6) is 0.450. The van der Waals surface area contributed by atoms with Gasteiger partial charge in [0, 0.05) is 17.0 Å². The van der Waals surface area contributed by atoms with E-state index in [0.29, 0.717) is 11.0 Å². The molecular weight excluding hydrogens is 254 g/mol. The van der Waals surface area contributed by atoms with Gasteiger partial charge in [0.2, 0.25) is 0 Å². The highest BCUT2D eigenvalue weighted by Gasteiger charge is 2.14. The second-order valence-corrected chi connectivity index (χ2v) is 6.42. The van der Waals surface area contributed by atoms with Crippen LogP contribution in [0.4, 0.5) is 5.13 Å². The van der Waals surface area contributed by atoms with Gasteiger partial charge >= 0.3 is 0 Å². The molecule has 0 saturated carbocycles. The molecule has 0 bridgehead atoms. The first-order valence-corrected chi connectivity index (χ1v) is 7.29. The minimum atomic E-state index is 0.450. The SMILES string of the molecule is CC(C)c1sc(N)nc1-c1ccc(CN(C)C)cc1. The van der Waals surface area contributed by atoms with E-state index in [2.05, 4.69) is 62.1 Å². The summed E-state index contributed by atoms with van der Waals surface area (Å²) in [6.45, 7) is 5.31. The van der Waals surface area contributed by atoms with E-state index in [-0.39, 0.29) is 0 Å². The van der Waals surface area contributed by atoms with Gasteiger partial charge in [-0.1, -0.05) is 38.1 Å². The number of benzene rings is 1. The van der Waals surface area contributed by atoms with Crippen LogP contribution in [0.1, 0.15) is 30.2 Å². The van der Waals surface area contributed by atoms with Crippen molar-refractivity contribution in [1.29, 1.82) is 0 Å². The van der Waals surface area contributed by atoms with Gasteiger partial charge in [-0.15, -0.1) is 11.3 Å². The molecule has 0 spiro atoms. The summed E-state index contributed by atoms with van der Waals surface area (Å²) in [6, 6.07) is 8.60. The predicted molar refractivity (Wildman–Crippen MR) is 83.4 cm³/mol. The summed E-state index contributed by atoms with van der Waals surface area (Å²) in [7, 11) is 4.15. The lowest BCUT2D eigenvalue weighted by Gasteiger charge is -2.10. The Labute approximate surface area is 119 Å². The molecule has 19 heavy (non-hydrogen) atoms. The number of nitrogen functional groups attached to an aromatic ring is 1. The van der Waals surface area contributed by atoms with E-state index < -0.39 is 0 Å². The Hall–Kier alpha value is -1.39. The molecule has 2 N–H and O–H groups in total. The Morgan fingerprint density at radius 2 is 1.84 bits per heavy atom. The van der Waals surface area contributed by atoms with Crippen molar-refractivity contribution in [2.24, 2.45) is 0 Å². The van der Waals surface area contributed by atoms with Crippen LogP contribution in [0.15, 0.2) is 24.3 Å². The van der Waals surface area contributed by atoms with Crippen LogP contribution < -0.4 is 5.73 Å². The Kier molecular flexibility index (Phi) is 4.22. The van der Waals surface area contributed by atoms with Gasteiger partial charge in [0.05, 0.1) is 5.69 Å². The molecule has 0 saturated heterocycles. The highest BCUT2D eigenvalue weighted by molar-refractivity contribution is 7.15. The van der Waals surface area contributed by atoms with Crippen molar-refractivity contribution in [2.45, 2.75) is 26.3 Å². The minimum Gasteiger partial charge on any atom is -0.375 e. The largest absolute Gasteiger partial charge is 0.375 e. The van der Waals surface area contributed by atoms with E-state index in [1.807, 2.05) is 0 Å².